The second kappa shape index (κ2) is 5.12. The maximum Gasteiger partial charge on any atom is 0.250 e. The lowest BCUT2D eigenvalue weighted by Crippen LogP contribution is -2.55. The van der Waals surface area contributed by atoms with Gasteiger partial charge in [-0.1, -0.05) is 6.58 Å². The van der Waals surface area contributed by atoms with E-state index in [1.807, 2.05) is 19.0 Å². The van der Waals surface area contributed by atoms with Gasteiger partial charge in [0.15, 0.2) is 0 Å². The molecule has 0 bridgehead atoms. The van der Waals surface area contributed by atoms with Crippen molar-refractivity contribution in [3.8, 4) is 0 Å². The Bertz CT molecular complexity index is 306. The van der Waals surface area contributed by atoms with Gasteiger partial charge >= 0.3 is 0 Å². The van der Waals surface area contributed by atoms with E-state index in [0.717, 1.165) is 0 Å². The Morgan fingerprint density at radius 1 is 1.44 bits per heavy atom. The first-order chi connectivity index (χ1) is 7.45. The molecule has 0 atom stereocenters. The van der Waals surface area contributed by atoms with E-state index >= 15 is 0 Å². The zero-order valence-corrected chi connectivity index (χ0v) is 10.1. The van der Waals surface area contributed by atoms with Crippen molar-refractivity contribution in [2.24, 2.45) is 5.92 Å². The van der Waals surface area contributed by atoms with Gasteiger partial charge in [0.25, 0.3) is 5.91 Å². The van der Waals surface area contributed by atoms with E-state index in [1.54, 1.807) is 11.9 Å². The highest BCUT2D eigenvalue weighted by Gasteiger charge is 2.35. The van der Waals surface area contributed by atoms with Gasteiger partial charge < -0.3 is 15.1 Å². The van der Waals surface area contributed by atoms with Gasteiger partial charge in [0.2, 0.25) is 5.91 Å². The van der Waals surface area contributed by atoms with E-state index in [2.05, 4.69) is 11.9 Å². The molecule has 0 aliphatic carbocycles. The Balaban J connectivity index is 2.37. The summed E-state index contributed by atoms with van der Waals surface area (Å²) in [6.07, 6.45) is 0. The molecule has 0 aromatic heterocycles. The SMILES string of the molecule is C=C(CN(C)C)C(=O)N1CC(C(=O)NC)C1. The fraction of sp³-hybridized carbons (Fsp3) is 0.636. The van der Waals surface area contributed by atoms with Crippen molar-refractivity contribution in [3.05, 3.63) is 12.2 Å². The maximum absolute atomic E-state index is 11.8. The van der Waals surface area contributed by atoms with Crippen molar-refractivity contribution in [2.75, 3.05) is 40.8 Å². The highest BCUT2D eigenvalue weighted by molar-refractivity contribution is 5.95. The van der Waals surface area contributed by atoms with Crippen molar-refractivity contribution in [1.29, 1.82) is 0 Å². The fourth-order valence-electron chi connectivity index (χ4n) is 1.69. The highest BCUT2D eigenvalue weighted by Crippen LogP contribution is 2.17. The van der Waals surface area contributed by atoms with E-state index in [4.69, 9.17) is 0 Å². The van der Waals surface area contributed by atoms with Crippen molar-refractivity contribution in [2.45, 2.75) is 0 Å². The summed E-state index contributed by atoms with van der Waals surface area (Å²) in [6.45, 7) is 5.32. The van der Waals surface area contributed by atoms with Gasteiger partial charge in [0.05, 0.1) is 5.92 Å². The molecule has 1 saturated heterocycles. The third kappa shape index (κ3) is 2.82. The number of amides is 2. The zero-order chi connectivity index (χ0) is 12.3. The van der Waals surface area contributed by atoms with Crippen LogP contribution in [0.2, 0.25) is 0 Å². The molecule has 0 saturated carbocycles. The minimum absolute atomic E-state index is 0.00210. The van der Waals surface area contributed by atoms with Crippen LogP contribution in [0.3, 0.4) is 0 Å². The second-order valence-electron chi connectivity index (χ2n) is 4.36. The third-order valence-electron chi connectivity index (χ3n) is 2.60. The fourth-order valence-corrected chi connectivity index (χ4v) is 1.69. The number of carbonyl (C=O) groups excluding carboxylic acids is 2. The summed E-state index contributed by atoms with van der Waals surface area (Å²) in [5.74, 6) is -0.0998. The van der Waals surface area contributed by atoms with Crippen molar-refractivity contribution < 1.29 is 9.59 Å². The third-order valence-corrected chi connectivity index (χ3v) is 2.60. The van der Waals surface area contributed by atoms with Crippen LogP contribution in [-0.4, -0.2) is 62.4 Å². The Hall–Kier alpha value is -1.36. The molecule has 1 aliphatic heterocycles. The van der Waals surface area contributed by atoms with Crippen LogP contribution in [0.4, 0.5) is 0 Å². The number of nitrogens with zero attached hydrogens (tertiary/aromatic N) is 2. The number of hydrogen-bond acceptors (Lipinski definition) is 3. The molecule has 0 spiro atoms. The Kier molecular flexibility index (Phi) is 4.06. The molecular formula is C11H19N3O2. The summed E-state index contributed by atoms with van der Waals surface area (Å²) >= 11 is 0. The predicted molar refractivity (Wildman–Crippen MR) is 61.8 cm³/mol. The standard InChI is InChI=1S/C11H19N3O2/c1-8(5-13(3)4)11(16)14-6-9(7-14)10(15)12-2/h9H,1,5-7H2,2-4H3,(H,12,15). The number of likely N-dealkylation sites (N-methyl/N-ethyl adjacent to an activating group) is 1. The van der Waals surface area contributed by atoms with E-state index in [0.29, 0.717) is 25.2 Å². The molecule has 1 fully saturated rings. The number of hydrogen-bond donors (Lipinski definition) is 1. The predicted octanol–water partition coefficient (Wildman–Crippen LogP) is -0.691. The largest absolute Gasteiger partial charge is 0.359 e. The van der Waals surface area contributed by atoms with E-state index in [1.165, 1.54) is 0 Å². The van der Waals surface area contributed by atoms with Crippen molar-refractivity contribution in [3.63, 3.8) is 0 Å². The van der Waals surface area contributed by atoms with E-state index in [-0.39, 0.29) is 17.7 Å². The van der Waals surface area contributed by atoms with Crippen LogP contribution in [-0.2, 0) is 9.59 Å². The summed E-state index contributed by atoms with van der Waals surface area (Å²) in [6, 6.07) is 0. The molecular weight excluding hydrogens is 206 g/mol. The number of nitrogens with one attached hydrogen (secondary N) is 1. The van der Waals surface area contributed by atoms with Gasteiger partial charge in [0.1, 0.15) is 0 Å². The first-order valence-electron chi connectivity index (χ1n) is 5.29. The molecule has 0 unspecified atom stereocenters. The van der Waals surface area contributed by atoms with Crippen molar-refractivity contribution >= 4 is 11.8 Å². The van der Waals surface area contributed by atoms with E-state index < -0.39 is 0 Å². The first kappa shape index (κ1) is 12.7. The average molecular weight is 225 g/mol. The molecule has 90 valence electrons. The summed E-state index contributed by atoms with van der Waals surface area (Å²) in [5, 5.41) is 2.58. The monoisotopic (exact) mass is 225 g/mol. The quantitative estimate of drug-likeness (QED) is 0.644. The molecule has 0 aromatic rings. The number of rotatable bonds is 4. The molecule has 1 N–H and O–H groups in total. The molecule has 1 heterocycles. The summed E-state index contributed by atoms with van der Waals surface area (Å²) in [4.78, 5) is 26.6. The van der Waals surface area contributed by atoms with Crippen LogP contribution >= 0.6 is 0 Å². The van der Waals surface area contributed by atoms with Crippen LogP contribution in [0.25, 0.3) is 0 Å². The summed E-state index contributed by atoms with van der Waals surface area (Å²) < 4.78 is 0. The highest BCUT2D eigenvalue weighted by atomic mass is 16.2. The first-order valence-corrected chi connectivity index (χ1v) is 5.29. The van der Waals surface area contributed by atoms with E-state index in [9.17, 15) is 9.59 Å². The topological polar surface area (TPSA) is 52.7 Å². The second-order valence-corrected chi connectivity index (χ2v) is 4.36. The minimum Gasteiger partial charge on any atom is -0.359 e. The number of carbonyl (C=O) groups is 2. The Morgan fingerprint density at radius 3 is 2.44 bits per heavy atom. The van der Waals surface area contributed by atoms with Gasteiger partial charge in [-0.05, 0) is 14.1 Å². The molecule has 1 rings (SSSR count). The molecule has 16 heavy (non-hydrogen) atoms. The van der Waals surface area contributed by atoms with Gasteiger partial charge in [0, 0.05) is 32.3 Å². The summed E-state index contributed by atoms with van der Waals surface area (Å²) in [5.41, 5.74) is 0.570. The Morgan fingerprint density at radius 2 is 2.00 bits per heavy atom. The van der Waals surface area contributed by atoms with Crippen LogP contribution < -0.4 is 5.32 Å². The normalized spacial score (nSPS) is 15.9. The molecule has 1 aliphatic rings. The van der Waals surface area contributed by atoms with Crippen LogP contribution in [0.15, 0.2) is 12.2 Å². The van der Waals surface area contributed by atoms with Crippen LogP contribution in [0.1, 0.15) is 0 Å². The summed E-state index contributed by atoms with van der Waals surface area (Å²) in [7, 11) is 5.39. The lowest BCUT2D eigenvalue weighted by molar-refractivity contribution is -0.140. The van der Waals surface area contributed by atoms with Gasteiger partial charge in [-0.2, -0.15) is 0 Å². The van der Waals surface area contributed by atoms with Gasteiger partial charge in [-0.3, -0.25) is 9.59 Å². The average Bonchev–Trinajstić information content (AvgIpc) is 2.13. The molecule has 0 radical (unpaired) electrons. The number of likely N-dealkylation sites (tertiary alicyclic amines) is 1. The lowest BCUT2D eigenvalue weighted by atomic mass is 9.98. The lowest BCUT2D eigenvalue weighted by Gasteiger charge is -2.38. The van der Waals surface area contributed by atoms with Crippen LogP contribution in [0.5, 0.6) is 0 Å². The Labute approximate surface area is 96.1 Å². The molecule has 2 amide bonds. The van der Waals surface area contributed by atoms with Gasteiger partial charge in [-0.25, -0.2) is 0 Å². The molecule has 5 heteroatoms. The zero-order valence-electron chi connectivity index (χ0n) is 10.1. The minimum atomic E-state index is -0.0545. The maximum atomic E-state index is 11.8. The molecule has 5 nitrogen and oxygen atoms in total. The molecule has 0 aromatic carbocycles. The smallest absolute Gasteiger partial charge is 0.250 e. The van der Waals surface area contributed by atoms with Gasteiger partial charge in [-0.15, -0.1) is 0 Å². The van der Waals surface area contributed by atoms with Crippen LogP contribution in [0, 0.1) is 5.92 Å². The van der Waals surface area contributed by atoms with Crippen molar-refractivity contribution in [1.82, 2.24) is 15.1 Å².